The van der Waals surface area contributed by atoms with Crippen LogP contribution in [0.4, 0.5) is 15.8 Å². The van der Waals surface area contributed by atoms with Gasteiger partial charge >= 0.3 is 5.69 Å². The topological polar surface area (TPSA) is 103 Å². The molecule has 6 nitrogen and oxygen atoms in total. The van der Waals surface area contributed by atoms with E-state index < -0.39 is 16.4 Å². The summed E-state index contributed by atoms with van der Waals surface area (Å²) in [5.41, 5.74) is -0.746. The predicted molar refractivity (Wildman–Crippen MR) is 63.7 cm³/mol. The smallest absolute Gasteiger partial charge is 0.306 e. The first-order valence-electron chi connectivity index (χ1n) is 4.40. The number of nitrogens with one attached hydrogen (secondary N) is 1. The first kappa shape index (κ1) is 13.6. The van der Waals surface area contributed by atoms with E-state index in [0.29, 0.717) is 0 Å². The van der Waals surface area contributed by atoms with Gasteiger partial charge in [-0.2, -0.15) is 14.9 Å². The molecule has 0 aromatic heterocycles. The number of nitrogens with zero attached hydrogens (tertiary/aromatic N) is 3. The third kappa shape index (κ3) is 3.03. The molecule has 90 valence electrons. The number of nitriles is 2. The van der Waals surface area contributed by atoms with Crippen LogP contribution in [-0.4, -0.2) is 4.92 Å². The minimum Gasteiger partial charge on any atom is -0.359 e. The molecule has 1 rings (SSSR count). The second-order valence-corrected chi connectivity index (χ2v) is 3.82. The average molecular weight is 311 g/mol. The minimum atomic E-state index is -0.984. The zero-order valence-electron chi connectivity index (χ0n) is 8.65. The highest BCUT2D eigenvalue weighted by Crippen LogP contribution is 2.30. The van der Waals surface area contributed by atoms with Crippen LogP contribution in [0.25, 0.3) is 0 Å². The molecule has 0 aliphatic heterocycles. The lowest BCUT2D eigenvalue weighted by atomic mass is 10.2. The Morgan fingerprint density at radius 3 is 2.61 bits per heavy atom. The zero-order chi connectivity index (χ0) is 13.7. The second kappa shape index (κ2) is 5.75. The van der Waals surface area contributed by atoms with Crippen LogP contribution in [0.1, 0.15) is 0 Å². The van der Waals surface area contributed by atoms with Crippen LogP contribution < -0.4 is 5.32 Å². The van der Waals surface area contributed by atoms with E-state index in [1.165, 1.54) is 0 Å². The standard InChI is InChI=1S/C10H4BrFN4O2/c11-7-1-8(12)10(16(17)18)2-9(7)15-5-6(3-13)4-14/h1-2,5,15H. The normalized spacial score (nSPS) is 8.89. The number of anilines is 1. The molecule has 0 atom stereocenters. The molecule has 0 heterocycles. The van der Waals surface area contributed by atoms with Gasteiger partial charge in [-0.05, 0) is 22.0 Å². The summed E-state index contributed by atoms with van der Waals surface area (Å²) in [6, 6.07) is 5.09. The largest absolute Gasteiger partial charge is 0.359 e. The van der Waals surface area contributed by atoms with Gasteiger partial charge in [0.05, 0.1) is 10.6 Å². The summed E-state index contributed by atoms with van der Waals surface area (Å²) in [4.78, 5) is 9.67. The molecule has 0 aliphatic rings. The van der Waals surface area contributed by atoms with E-state index in [-0.39, 0.29) is 15.7 Å². The van der Waals surface area contributed by atoms with Crippen molar-refractivity contribution in [1.82, 2.24) is 0 Å². The van der Waals surface area contributed by atoms with Gasteiger partial charge in [-0.1, -0.05) is 0 Å². The quantitative estimate of drug-likeness (QED) is 0.525. The third-order valence-electron chi connectivity index (χ3n) is 1.85. The van der Waals surface area contributed by atoms with Crippen LogP contribution in [0.2, 0.25) is 0 Å². The molecule has 0 amide bonds. The van der Waals surface area contributed by atoms with Crippen molar-refractivity contribution in [2.75, 3.05) is 5.32 Å². The van der Waals surface area contributed by atoms with Gasteiger partial charge in [0.2, 0.25) is 5.82 Å². The highest BCUT2D eigenvalue weighted by atomic mass is 79.9. The predicted octanol–water partition coefficient (Wildman–Crippen LogP) is 2.84. The molecule has 1 aromatic carbocycles. The SMILES string of the molecule is N#CC(C#N)=CNc1cc([N+](=O)[O-])c(F)cc1Br. The van der Waals surface area contributed by atoms with E-state index in [4.69, 9.17) is 10.5 Å². The van der Waals surface area contributed by atoms with E-state index in [2.05, 4.69) is 21.2 Å². The fraction of sp³-hybridized carbons (Fsp3) is 0. The van der Waals surface area contributed by atoms with Crippen LogP contribution in [0.5, 0.6) is 0 Å². The molecule has 0 spiro atoms. The van der Waals surface area contributed by atoms with Crippen LogP contribution in [0.3, 0.4) is 0 Å². The van der Waals surface area contributed by atoms with Crippen molar-refractivity contribution < 1.29 is 9.31 Å². The van der Waals surface area contributed by atoms with Gasteiger partial charge in [0, 0.05) is 16.7 Å². The summed E-state index contributed by atoms with van der Waals surface area (Å²) in [5.74, 6) is -0.984. The Morgan fingerprint density at radius 2 is 2.11 bits per heavy atom. The molecule has 0 radical (unpaired) electrons. The number of nitro benzene ring substituents is 1. The van der Waals surface area contributed by atoms with E-state index in [0.717, 1.165) is 18.3 Å². The molecule has 0 bridgehead atoms. The first-order valence-corrected chi connectivity index (χ1v) is 5.19. The van der Waals surface area contributed by atoms with Gasteiger partial charge in [-0.25, -0.2) is 0 Å². The molecule has 1 aromatic rings. The Hall–Kier alpha value is -2.45. The Balaban J connectivity index is 3.16. The molecule has 1 N–H and O–H groups in total. The van der Waals surface area contributed by atoms with Gasteiger partial charge in [0.1, 0.15) is 17.7 Å². The minimum absolute atomic E-state index is 0.172. The van der Waals surface area contributed by atoms with Crippen LogP contribution in [0, 0.1) is 38.6 Å². The Labute approximate surface area is 109 Å². The van der Waals surface area contributed by atoms with Crippen molar-refractivity contribution in [3.8, 4) is 12.1 Å². The zero-order valence-corrected chi connectivity index (χ0v) is 10.2. The Morgan fingerprint density at radius 1 is 1.50 bits per heavy atom. The summed E-state index contributed by atoms with van der Waals surface area (Å²) < 4.78 is 13.4. The van der Waals surface area contributed by atoms with Crippen LogP contribution in [0.15, 0.2) is 28.4 Å². The average Bonchev–Trinajstić information content (AvgIpc) is 2.32. The lowest BCUT2D eigenvalue weighted by Gasteiger charge is -2.04. The maximum absolute atomic E-state index is 13.2. The summed E-state index contributed by atoms with van der Waals surface area (Å²) in [7, 11) is 0. The maximum Gasteiger partial charge on any atom is 0.306 e. The summed E-state index contributed by atoms with van der Waals surface area (Å²) in [5, 5.41) is 30.0. The summed E-state index contributed by atoms with van der Waals surface area (Å²) in [6.45, 7) is 0. The van der Waals surface area contributed by atoms with Gasteiger partial charge < -0.3 is 5.32 Å². The molecule has 0 fully saturated rings. The van der Waals surface area contributed by atoms with Crippen molar-refractivity contribution in [2.45, 2.75) is 0 Å². The maximum atomic E-state index is 13.2. The molecule has 0 saturated carbocycles. The van der Waals surface area contributed by atoms with Gasteiger partial charge in [0.15, 0.2) is 0 Å². The van der Waals surface area contributed by atoms with Crippen molar-refractivity contribution in [2.24, 2.45) is 0 Å². The number of hydrogen-bond acceptors (Lipinski definition) is 5. The number of nitro groups is 1. The fourth-order valence-corrected chi connectivity index (χ4v) is 1.46. The van der Waals surface area contributed by atoms with E-state index in [9.17, 15) is 14.5 Å². The summed E-state index contributed by atoms with van der Waals surface area (Å²) >= 11 is 3.00. The molecule has 0 aliphatic carbocycles. The molecule has 8 heteroatoms. The fourth-order valence-electron chi connectivity index (χ4n) is 1.03. The van der Waals surface area contributed by atoms with Gasteiger partial charge in [-0.15, -0.1) is 0 Å². The Kier molecular flexibility index (Phi) is 4.35. The highest BCUT2D eigenvalue weighted by Gasteiger charge is 2.16. The molecule has 18 heavy (non-hydrogen) atoms. The number of halogens is 2. The van der Waals surface area contributed by atoms with Gasteiger partial charge in [-0.3, -0.25) is 10.1 Å². The number of benzene rings is 1. The Bertz CT molecular complexity index is 600. The van der Waals surface area contributed by atoms with Crippen molar-refractivity contribution in [3.63, 3.8) is 0 Å². The highest BCUT2D eigenvalue weighted by molar-refractivity contribution is 9.10. The van der Waals surface area contributed by atoms with E-state index in [1.807, 2.05) is 0 Å². The van der Waals surface area contributed by atoms with Crippen molar-refractivity contribution >= 4 is 27.3 Å². The number of hydrogen-bond donors (Lipinski definition) is 1. The lowest BCUT2D eigenvalue weighted by Crippen LogP contribution is -1.97. The van der Waals surface area contributed by atoms with Crippen molar-refractivity contribution in [1.29, 1.82) is 10.5 Å². The van der Waals surface area contributed by atoms with Crippen LogP contribution >= 0.6 is 15.9 Å². The van der Waals surface area contributed by atoms with Crippen molar-refractivity contribution in [3.05, 3.63) is 44.3 Å². The van der Waals surface area contributed by atoms with Crippen LogP contribution in [-0.2, 0) is 0 Å². The van der Waals surface area contributed by atoms with Gasteiger partial charge in [0.25, 0.3) is 0 Å². The first-order chi connectivity index (χ1) is 8.49. The monoisotopic (exact) mass is 310 g/mol. The number of rotatable bonds is 3. The second-order valence-electron chi connectivity index (χ2n) is 2.97. The van der Waals surface area contributed by atoms with E-state index in [1.54, 1.807) is 12.1 Å². The molecule has 0 unspecified atom stereocenters. The lowest BCUT2D eigenvalue weighted by molar-refractivity contribution is -0.387. The molecular formula is C10H4BrFN4O2. The summed E-state index contributed by atoms with van der Waals surface area (Å²) in [6.07, 6.45) is 1.07. The third-order valence-corrected chi connectivity index (χ3v) is 2.50. The molecular weight excluding hydrogens is 307 g/mol. The molecule has 0 saturated heterocycles. The van der Waals surface area contributed by atoms with E-state index >= 15 is 0 Å². The number of allylic oxidation sites excluding steroid dienone is 1.